The molecular weight excluding hydrogens is 310 g/mol. The molecule has 2 aromatic rings. The molecule has 1 atom stereocenters. The van der Waals surface area contributed by atoms with Crippen molar-refractivity contribution in [1.82, 2.24) is 5.43 Å². The third kappa shape index (κ3) is 2.55. The van der Waals surface area contributed by atoms with Crippen LogP contribution >= 0.6 is 27.3 Å². The molecule has 0 fully saturated rings. The smallest absolute Gasteiger partial charge is 0.132 e. The van der Waals surface area contributed by atoms with Crippen molar-refractivity contribution in [3.8, 4) is 0 Å². The number of hydrogen-bond donors (Lipinski definition) is 2. The van der Waals surface area contributed by atoms with E-state index in [1.807, 2.05) is 5.38 Å². The number of rotatable bonds is 3. The number of benzene rings is 1. The Morgan fingerprint density at radius 3 is 2.41 bits per heavy atom. The van der Waals surface area contributed by atoms with Crippen LogP contribution in [0.3, 0.4) is 0 Å². The van der Waals surface area contributed by atoms with Crippen LogP contribution in [0.4, 0.5) is 8.78 Å². The maximum atomic E-state index is 13.8. The van der Waals surface area contributed by atoms with Crippen LogP contribution in [0.5, 0.6) is 0 Å². The maximum Gasteiger partial charge on any atom is 0.132 e. The number of hydrogen-bond acceptors (Lipinski definition) is 3. The van der Waals surface area contributed by atoms with Crippen molar-refractivity contribution in [3.63, 3.8) is 0 Å². The molecule has 0 saturated heterocycles. The number of halogens is 3. The molecule has 0 aliphatic rings. The standard InChI is InChI=1S/C11H9BrF2N2S/c12-7-3-8(13)10(9(14)4-7)11(16-15)6-1-2-17-5-6/h1-5,11,16H,15H2. The van der Waals surface area contributed by atoms with Crippen molar-refractivity contribution >= 4 is 27.3 Å². The van der Waals surface area contributed by atoms with Crippen LogP contribution in [-0.4, -0.2) is 0 Å². The second kappa shape index (κ2) is 5.22. The summed E-state index contributed by atoms with van der Waals surface area (Å²) in [6.07, 6.45) is 0. The van der Waals surface area contributed by atoms with Crippen LogP contribution in [-0.2, 0) is 0 Å². The lowest BCUT2D eigenvalue weighted by atomic mass is 10.0. The number of nitrogens with two attached hydrogens (primary N) is 1. The van der Waals surface area contributed by atoms with Crippen molar-refractivity contribution in [2.24, 2.45) is 5.84 Å². The second-order valence-electron chi connectivity index (χ2n) is 3.44. The molecule has 1 unspecified atom stereocenters. The van der Waals surface area contributed by atoms with Gasteiger partial charge >= 0.3 is 0 Å². The highest BCUT2D eigenvalue weighted by Gasteiger charge is 2.21. The Balaban J connectivity index is 2.52. The molecule has 0 saturated carbocycles. The summed E-state index contributed by atoms with van der Waals surface area (Å²) in [5, 5.41) is 3.62. The molecule has 0 bridgehead atoms. The average Bonchev–Trinajstić information content (AvgIpc) is 2.76. The molecule has 0 spiro atoms. The van der Waals surface area contributed by atoms with E-state index in [0.29, 0.717) is 4.47 Å². The fraction of sp³-hybridized carbons (Fsp3) is 0.0909. The van der Waals surface area contributed by atoms with Gasteiger partial charge in [-0.15, -0.1) is 0 Å². The van der Waals surface area contributed by atoms with E-state index in [0.717, 1.165) is 5.56 Å². The van der Waals surface area contributed by atoms with Crippen LogP contribution < -0.4 is 11.3 Å². The van der Waals surface area contributed by atoms with Gasteiger partial charge in [-0.2, -0.15) is 11.3 Å². The second-order valence-corrected chi connectivity index (χ2v) is 5.14. The van der Waals surface area contributed by atoms with Crippen molar-refractivity contribution < 1.29 is 8.78 Å². The summed E-state index contributed by atoms with van der Waals surface area (Å²) in [6.45, 7) is 0. The van der Waals surface area contributed by atoms with E-state index >= 15 is 0 Å². The highest BCUT2D eigenvalue weighted by molar-refractivity contribution is 9.10. The summed E-state index contributed by atoms with van der Waals surface area (Å²) in [4.78, 5) is 0. The van der Waals surface area contributed by atoms with Gasteiger partial charge in [-0.3, -0.25) is 5.84 Å². The van der Waals surface area contributed by atoms with E-state index in [2.05, 4.69) is 21.4 Å². The van der Waals surface area contributed by atoms with E-state index in [1.165, 1.54) is 23.5 Å². The lowest BCUT2D eigenvalue weighted by molar-refractivity contribution is 0.510. The van der Waals surface area contributed by atoms with E-state index in [9.17, 15) is 8.78 Å². The number of nitrogens with one attached hydrogen (secondary N) is 1. The molecule has 2 nitrogen and oxygen atoms in total. The molecule has 17 heavy (non-hydrogen) atoms. The first-order valence-corrected chi connectivity index (χ1v) is 6.49. The SMILES string of the molecule is NNC(c1ccsc1)c1c(F)cc(Br)cc1F. The van der Waals surface area contributed by atoms with Crippen molar-refractivity contribution in [1.29, 1.82) is 0 Å². The molecule has 1 aromatic heterocycles. The summed E-state index contributed by atoms with van der Waals surface area (Å²) in [6, 6.07) is 3.52. The zero-order valence-electron chi connectivity index (χ0n) is 8.58. The molecule has 1 heterocycles. The Bertz CT molecular complexity index is 493. The fourth-order valence-corrected chi connectivity index (χ4v) is 2.70. The van der Waals surface area contributed by atoms with Crippen LogP contribution in [0, 0.1) is 11.6 Å². The molecule has 2 rings (SSSR count). The highest BCUT2D eigenvalue weighted by atomic mass is 79.9. The minimum atomic E-state index is -0.686. The van der Waals surface area contributed by atoms with Gasteiger partial charge in [0.15, 0.2) is 0 Å². The van der Waals surface area contributed by atoms with Gasteiger partial charge in [-0.1, -0.05) is 15.9 Å². The monoisotopic (exact) mass is 318 g/mol. The quantitative estimate of drug-likeness (QED) is 0.673. The molecule has 3 N–H and O–H groups in total. The zero-order chi connectivity index (χ0) is 12.4. The minimum Gasteiger partial charge on any atom is -0.271 e. The largest absolute Gasteiger partial charge is 0.271 e. The highest BCUT2D eigenvalue weighted by Crippen LogP contribution is 2.29. The van der Waals surface area contributed by atoms with E-state index in [-0.39, 0.29) is 5.56 Å². The predicted octanol–water partition coefficient (Wildman–Crippen LogP) is 3.34. The molecule has 0 aliphatic heterocycles. The minimum absolute atomic E-state index is 0.0749. The molecular formula is C11H9BrF2N2S. The van der Waals surface area contributed by atoms with Crippen molar-refractivity contribution in [2.45, 2.75) is 6.04 Å². The summed E-state index contributed by atoms with van der Waals surface area (Å²) in [7, 11) is 0. The first kappa shape index (κ1) is 12.6. The summed E-state index contributed by atoms with van der Waals surface area (Å²) < 4.78 is 27.9. The normalized spacial score (nSPS) is 12.7. The lowest BCUT2D eigenvalue weighted by Gasteiger charge is -2.17. The topological polar surface area (TPSA) is 38.0 Å². The summed E-state index contributed by atoms with van der Waals surface area (Å²) in [5.74, 6) is 4.11. The van der Waals surface area contributed by atoms with E-state index in [1.54, 1.807) is 11.4 Å². The Labute approximate surface area is 110 Å². The van der Waals surface area contributed by atoms with Gasteiger partial charge in [0.05, 0.1) is 6.04 Å². The molecule has 0 aliphatic carbocycles. The van der Waals surface area contributed by atoms with Gasteiger partial charge in [-0.05, 0) is 34.5 Å². The van der Waals surface area contributed by atoms with Gasteiger partial charge in [0.25, 0.3) is 0 Å². The van der Waals surface area contributed by atoms with Crippen LogP contribution in [0.15, 0.2) is 33.4 Å². The summed E-state index contributed by atoms with van der Waals surface area (Å²) in [5.41, 5.74) is 3.09. The van der Waals surface area contributed by atoms with Gasteiger partial charge in [0.2, 0.25) is 0 Å². The van der Waals surface area contributed by atoms with E-state index in [4.69, 9.17) is 5.84 Å². The zero-order valence-corrected chi connectivity index (χ0v) is 11.0. The van der Waals surface area contributed by atoms with Crippen LogP contribution in [0.2, 0.25) is 0 Å². The molecule has 0 amide bonds. The Morgan fingerprint density at radius 2 is 1.94 bits per heavy atom. The first-order valence-electron chi connectivity index (χ1n) is 4.76. The van der Waals surface area contributed by atoms with Crippen molar-refractivity contribution in [3.05, 3.63) is 56.2 Å². The van der Waals surface area contributed by atoms with Gasteiger partial charge in [-0.25, -0.2) is 14.2 Å². The van der Waals surface area contributed by atoms with Crippen molar-refractivity contribution in [2.75, 3.05) is 0 Å². The fourth-order valence-electron chi connectivity index (χ4n) is 1.61. The molecule has 0 radical (unpaired) electrons. The summed E-state index contributed by atoms with van der Waals surface area (Å²) >= 11 is 4.48. The van der Waals surface area contributed by atoms with Crippen LogP contribution in [0.25, 0.3) is 0 Å². The van der Waals surface area contributed by atoms with Gasteiger partial charge in [0.1, 0.15) is 11.6 Å². The number of hydrazine groups is 1. The average molecular weight is 319 g/mol. The molecule has 6 heteroatoms. The Kier molecular flexibility index (Phi) is 3.88. The molecule has 90 valence electrons. The first-order chi connectivity index (χ1) is 8.13. The third-order valence-electron chi connectivity index (χ3n) is 2.38. The Hall–Kier alpha value is -0.820. The predicted molar refractivity (Wildman–Crippen MR) is 67.5 cm³/mol. The lowest BCUT2D eigenvalue weighted by Crippen LogP contribution is -2.30. The van der Waals surface area contributed by atoms with Crippen LogP contribution in [0.1, 0.15) is 17.2 Å². The number of thiophene rings is 1. The van der Waals surface area contributed by atoms with E-state index < -0.39 is 17.7 Å². The van der Waals surface area contributed by atoms with Gasteiger partial charge < -0.3 is 0 Å². The molecule has 1 aromatic carbocycles. The Morgan fingerprint density at radius 1 is 1.29 bits per heavy atom. The third-order valence-corrected chi connectivity index (χ3v) is 3.53. The van der Waals surface area contributed by atoms with Gasteiger partial charge in [0, 0.05) is 10.0 Å². The maximum absolute atomic E-state index is 13.8.